The standard InChI is InChI=1S/C18H17N3O3S/c1-23-14-5-2-4-12(8-14)9-16(22)21-10-13(11-21)18-19-17(20-24-18)15-6-3-7-25-15/h2-8,13H,9-11H2,1H3. The minimum atomic E-state index is 0.0995. The fourth-order valence-corrected chi connectivity index (χ4v) is 3.46. The summed E-state index contributed by atoms with van der Waals surface area (Å²) in [5, 5.41) is 6.01. The van der Waals surface area contributed by atoms with E-state index in [1.165, 1.54) is 0 Å². The number of carbonyl (C=O) groups excluding carboxylic acids is 1. The highest BCUT2D eigenvalue weighted by atomic mass is 32.1. The Morgan fingerprint density at radius 2 is 2.24 bits per heavy atom. The highest BCUT2D eigenvalue weighted by molar-refractivity contribution is 7.13. The molecule has 25 heavy (non-hydrogen) atoms. The number of methoxy groups -OCH3 is 1. The zero-order valence-corrected chi connectivity index (χ0v) is 14.5. The van der Waals surface area contributed by atoms with E-state index in [4.69, 9.17) is 9.26 Å². The number of carbonyl (C=O) groups is 1. The number of hydrogen-bond donors (Lipinski definition) is 0. The maximum Gasteiger partial charge on any atom is 0.233 e. The van der Waals surface area contributed by atoms with Crippen molar-refractivity contribution in [1.29, 1.82) is 0 Å². The van der Waals surface area contributed by atoms with Crippen LogP contribution in [0.4, 0.5) is 0 Å². The van der Waals surface area contributed by atoms with E-state index in [9.17, 15) is 4.79 Å². The predicted octanol–water partition coefficient (Wildman–Crippen LogP) is 2.98. The largest absolute Gasteiger partial charge is 0.497 e. The molecule has 1 amide bonds. The molecule has 0 N–H and O–H groups in total. The lowest BCUT2D eigenvalue weighted by Crippen LogP contribution is -2.49. The molecule has 0 unspecified atom stereocenters. The first-order valence-electron chi connectivity index (χ1n) is 8.01. The van der Waals surface area contributed by atoms with Gasteiger partial charge < -0.3 is 14.2 Å². The summed E-state index contributed by atoms with van der Waals surface area (Å²) in [5.41, 5.74) is 0.950. The maximum absolute atomic E-state index is 12.4. The summed E-state index contributed by atoms with van der Waals surface area (Å²) in [6, 6.07) is 11.5. The van der Waals surface area contributed by atoms with E-state index in [0.29, 0.717) is 31.2 Å². The molecule has 1 aliphatic heterocycles. The molecule has 2 aromatic heterocycles. The predicted molar refractivity (Wildman–Crippen MR) is 93.6 cm³/mol. The Labute approximate surface area is 149 Å². The van der Waals surface area contributed by atoms with E-state index in [-0.39, 0.29) is 11.8 Å². The van der Waals surface area contributed by atoms with Gasteiger partial charge in [0.15, 0.2) is 0 Å². The molecule has 0 bridgehead atoms. The molecule has 0 spiro atoms. The van der Waals surface area contributed by atoms with Crippen molar-refractivity contribution >= 4 is 17.2 Å². The second kappa shape index (κ2) is 6.68. The summed E-state index contributed by atoms with van der Waals surface area (Å²) in [6.07, 6.45) is 0.369. The van der Waals surface area contributed by atoms with Gasteiger partial charge >= 0.3 is 0 Å². The molecule has 0 saturated carbocycles. The van der Waals surface area contributed by atoms with Crippen molar-refractivity contribution in [1.82, 2.24) is 15.0 Å². The summed E-state index contributed by atoms with van der Waals surface area (Å²) in [5.74, 6) is 2.21. The van der Waals surface area contributed by atoms with Gasteiger partial charge in [-0.3, -0.25) is 4.79 Å². The number of rotatable bonds is 5. The monoisotopic (exact) mass is 355 g/mol. The minimum absolute atomic E-state index is 0.0995. The van der Waals surface area contributed by atoms with Crippen molar-refractivity contribution < 1.29 is 14.1 Å². The van der Waals surface area contributed by atoms with Gasteiger partial charge in [0.1, 0.15) is 5.75 Å². The van der Waals surface area contributed by atoms with Crippen LogP contribution in [0.25, 0.3) is 10.7 Å². The lowest BCUT2D eigenvalue weighted by atomic mass is 9.99. The van der Waals surface area contributed by atoms with Gasteiger partial charge in [-0.05, 0) is 29.1 Å². The van der Waals surface area contributed by atoms with Crippen LogP contribution in [-0.2, 0) is 11.2 Å². The number of aromatic nitrogens is 2. The lowest BCUT2D eigenvalue weighted by molar-refractivity contribution is -0.135. The molecule has 3 aromatic rings. The Morgan fingerprint density at radius 3 is 3.00 bits per heavy atom. The molecule has 0 atom stereocenters. The van der Waals surface area contributed by atoms with Gasteiger partial charge in [-0.1, -0.05) is 23.4 Å². The van der Waals surface area contributed by atoms with Crippen LogP contribution in [0, 0.1) is 0 Å². The van der Waals surface area contributed by atoms with Crippen LogP contribution >= 0.6 is 11.3 Å². The topological polar surface area (TPSA) is 68.5 Å². The minimum Gasteiger partial charge on any atom is -0.497 e. The van der Waals surface area contributed by atoms with Crippen LogP contribution in [0.15, 0.2) is 46.3 Å². The number of hydrogen-bond acceptors (Lipinski definition) is 6. The third-order valence-electron chi connectivity index (χ3n) is 4.26. The lowest BCUT2D eigenvalue weighted by Gasteiger charge is -2.37. The number of benzene rings is 1. The first-order chi connectivity index (χ1) is 12.2. The molecule has 128 valence electrons. The van der Waals surface area contributed by atoms with Crippen molar-refractivity contribution in [2.75, 3.05) is 20.2 Å². The number of thiophene rings is 1. The molecule has 1 saturated heterocycles. The zero-order valence-electron chi connectivity index (χ0n) is 13.7. The average Bonchev–Trinajstić information content (AvgIpc) is 3.25. The molecule has 0 radical (unpaired) electrons. The highest BCUT2D eigenvalue weighted by Gasteiger charge is 2.35. The van der Waals surface area contributed by atoms with Crippen LogP contribution in [0.5, 0.6) is 5.75 Å². The van der Waals surface area contributed by atoms with Gasteiger partial charge in [-0.2, -0.15) is 4.98 Å². The molecule has 0 aliphatic carbocycles. The van der Waals surface area contributed by atoms with Gasteiger partial charge in [-0.15, -0.1) is 11.3 Å². The van der Waals surface area contributed by atoms with E-state index < -0.39 is 0 Å². The Morgan fingerprint density at radius 1 is 1.36 bits per heavy atom. The van der Waals surface area contributed by atoms with Crippen molar-refractivity contribution in [2.24, 2.45) is 0 Å². The molecule has 1 aliphatic rings. The van der Waals surface area contributed by atoms with Crippen LogP contribution in [-0.4, -0.2) is 41.1 Å². The number of amides is 1. The zero-order chi connectivity index (χ0) is 17.2. The summed E-state index contributed by atoms with van der Waals surface area (Å²) >= 11 is 1.58. The Bertz CT molecular complexity index is 869. The average molecular weight is 355 g/mol. The van der Waals surface area contributed by atoms with Gasteiger partial charge in [0, 0.05) is 13.1 Å². The Kier molecular flexibility index (Phi) is 4.23. The first kappa shape index (κ1) is 15.8. The van der Waals surface area contributed by atoms with E-state index in [2.05, 4.69) is 10.1 Å². The summed E-state index contributed by atoms with van der Waals surface area (Å²) in [4.78, 5) is 19.6. The molecule has 4 rings (SSSR count). The van der Waals surface area contributed by atoms with Crippen molar-refractivity contribution in [3.8, 4) is 16.5 Å². The second-order valence-electron chi connectivity index (χ2n) is 5.96. The van der Waals surface area contributed by atoms with Crippen molar-refractivity contribution in [3.05, 3.63) is 53.2 Å². The Hall–Kier alpha value is -2.67. The molecule has 1 aromatic carbocycles. The first-order valence-corrected chi connectivity index (χ1v) is 8.89. The summed E-state index contributed by atoms with van der Waals surface area (Å²) in [6.45, 7) is 1.24. The molecular weight excluding hydrogens is 338 g/mol. The van der Waals surface area contributed by atoms with E-state index in [0.717, 1.165) is 16.2 Å². The molecule has 6 nitrogen and oxygen atoms in total. The SMILES string of the molecule is COc1cccc(CC(=O)N2CC(c3nc(-c4cccs4)no3)C2)c1. The summed E-state index contributed by atoms with van der Waals surface area (Å²) < 4.78 is 10.6. The van der Waals surface area contributed by atoms with E-state index in [1.807, 2.05) is 46.7 Å². The smallest absolute Gasteiger partial charge is 0.233 e. The molecule has 7 heteroatoms. The van der Waals surface area contributed by atoms with Crippen LogP contribution in [0.2, 0.25) is 0 Å². The fraction of sp³-hybridized carbons (Fsp3) is 0.278. The van der Waals surface area contributed by atoms with Gasteiger partial charge in [0.25, 0.3) is 0 Å². The normalized spacial score (nSPS) is 14.4. The molecule has 3 heterocycles. The summed E-state index contributed by atoms with van der Waals surface area (Å²) in [7, 11) is 1.62. The molecule has 1 fully saturated rings. The van der Waals surface area contributed by atoms with E-state index in [1.54, 1.807) is 18.4 Å². The Balaban J connectivity index is 1.34. The van der Waals surface area contributed by atoms with E-state index >= 15 is 0 Å². The van der Waals surface area contributed by atoms with Gasteiger partial charge in [0.05, 0.1) is 24.3 Å². The van der Waals surface area contributed by atoms with Crippen molar-refractivity contribution in [3.63, 3.8) is 0 Å². The van der Waals surface area contributed by atoms with Crippen LogP contribution in [0.1, 0.15) is 17.4 Å². The fourth-order valence-electron chi connectivity index (χ4n) is 2.81. The second-order valence-corrected chi connectivity index (χ2v) is 6.91. The maximum atomic E-state index is 12.4. The van der Waals surface area contributed by atoms with Gasteiger partial charge in [-0.25, -0.2) is 0 Å². The highest BCUT2D eigenvalue weighted by Crippen LogP contribution is 2.29. The quantitative estimate of drug-likeness (QED) is 0.704. The number of likely N-dealkylation sites (tertiary alicyclic amines) is 1. The number of nitrogens with zero attached hydrogens (tertiary/aromatic N) is 3. The molecular formula is C18H17N3O3S. The number of ether oxygens (including phenoxy) is 1. The van der Waals surface area contributed by atoms with Crippen LogP contribution in [0.3, 0.4) is 0 Å². The third kappa shape index (κ3) is 3.28. The van der Waals surface area contributed by atoms with Gasteiger partial charge in [0.2, 0.25) is 17.6 Å². The van der Waals surface area contributed by atoms with Crippen LogP contribution < -0.4 is 4.74 Å². The third-order valence-corrected chi connectivity index (χ3v) is 5.12. The van der Waals surface area contributed by atoms with Crippen molar-refractivity contribution in [2.45, 2.75) is 12.3 Å².